The maximum absolute atomic E-state index is 13.8. The third-order valence-corrected chi connectivity index (χ3v) is 4.83. The van der Waals surface area contributed by atoms with E-state index in [2.05, 4.69) is 19.6 Å². The zero-order valence-electron chi connectivity index (χ0n) is 16.7. The average molecular weight is 383 g/mol. The highest BCUT2D eigenvalue weighted by Gasteiger charge is 2.32. The lowest BCUT2D eigenvalue weighted by molar-refractivity contribution is 0.0638. The van der Waals surface area contributed by atoms with E-state index in [9.17, 15) is 9.18 Å². The molecule has 0 saturated carbocycles. The third kappa shape index (κ3) is 2.79. The van der Waals surface area contributed by atoms with E-state index >= 15 is 0 Å². The van der Waals surface area contributed by atoms with Crippen LogP contribution in [0.1, 0.15) is 34.6 Å². The molecule has 0 bridgehead atoms. The van der Waals surface area contributed by atoms with Crippen LogP contribution in [0.4, 0.5) is 4.39 Å². The first-order chi connectivity index (χ1) is 13.7. The molecule has 0 saturated heterocycles. The molecule has 3 heterocycles. The van der Waals surface area contributed by atoms with E-state index in [4.69, 9.17) is 17.1 Å². The summed E-state index contributed by atoms with van der Waals surface area (Å²) >= 11 is 6.84. The molecule has 1 atom stereocenters. The molecule has 1 aliphatic rings. The lowest BCUT2D eigenvalue weighted by Crippen LogP contribution is -2.41. The van der Waals surface area contributed by atoms with Gasteiger partial charge in [-0.2, -0.15) is 4.37 Å². The Morgan fingerprint density at radius 3 is 2.80 bits per heavy atom. The number of hydrogen-bond donors (Lipinski definition) is 0. The van der Waals surface area contributed by atoms with Crippen LogP contribution in [0, 0.1) is 5.82 Å². The van der Waals surface area contributed by atoms with Crippen molar-refractivity contribution in [2.45, 2.75) is 19.5 Å². The molecular weight excluding hydrogens is 367 g/mol. The van der Waals surface area contributed by atoms with Gasteiger partial charge in [-0.1, -0.05) is 0 Å². The maximum atomic E-state index is 13.8. The fraction of sp³-hybridized carbons (Fsp3) is 0.267. The van der Waals surface area contributed by atoms with Gasteiger partial charge < -0.3 is 9.47 Å². The first-order valence-corrected chi connectivity index (χ1v) is 8.37. The van der Waals surface area contributed by atoms with Crippen LogP contribution in [-0.2, 0) is 6.54 Å². The molecule has 7 nitrogen and oxygen atoms in total. The number of nitrogens with zero attached hydrogens (tertiary/aromatic N) is 6. The highest BCUT2D eigenvalue weighted by Crippen LogP contribution is 2.30. The van der Waals surface area contributed by atoms with Crippen LogP contribution in [0.3, 0.4) is 0 Å². The van der Waals surface area contributed by atoms with E-state index in [0.717, 1.165) is 11.5 Å². The zero-order valence-corrected chi connectivity index (χ0v) is 14.3. The molecule has 128 valence electrons. The second kappa shape index (κ2) is 6.16. The van der Waals surface area contributed by atoms with Crippen LogP contribution in [0.25, 0.3) is 10.8 Å². The standard InChI is InChI=1S/C15H12ClFN6OS/c1-8-11-19-20-12(13-18-15(16)21-25-13)23(11)7-6-22(8)14(24)9-2-4-10(17)5-3-9/h2-5,8H,6-7H2,1H3/t8-/m1/s1/i2D,3D,4D,5D. The van der Waals surface area contributed by atoms with E-state index in [-0.39, 0.29) is 11.8 Å². The van der Waals surface area contributed by atoms with Crippen molar-refractivity contribution < 1.29 is 14.7 Å². The minimum absolute atomic E-state index is 0.0997. The number of aromatic nitrogens is 5. The summed E-state index contributed by atoms with van der Waals surface area (Å²) in [7, 11) is 0. The summed E-state index contributed by atoms with van der Waals surface area (Å²) in [5, 5.41) is 8.83. The highest BCUT2D eigenvalue weighted by atomic mass is 35.5. The molecule has 1 aliphatic heterocycles. The lowest BCUT2D eigenvalue weighted by atomic mass is 10.1. The van der Waals surface area contributed by atoms with Gasteiger partial charge in [0.1, 0.15) is 5.82 Å². The monoisotopic (exact) mass is 382 g/mol. The Morgan fingerprint density at radius 1 is 1.36 bits per heavy atom. The summed E-state index contributed by atoms with van der Waals surface area (Å²) < 4.78 is 50.5. The van der Waals surface area contributed by atoms with Gasteiger partial charge in [0, 0.05) is 18.7 Å². The number of hydrogen-bond acceptors (Lipinski definition) is 6. The van der Waals surface area contributed by atoms with Crippen molar-refractivity contribution in [3.05, 3.63) is 46.7 Å². The van der Waals surface area contributed by atoms with Gasteiger partial charge in [-0.25, -0.2) is 9.37 Å². The zero-order chi connectivity index (χ0) is 21.0. The summed E-state index contributed by atoms with van der Waals surface area (Å²) in [6.45, 7) is 2.21. The smallest absolute Gasteiger partial charge is 0.254 e. The van der Waals surface area contributed by atoms with Gasteiger partial charge >= 0.3 is 0 Å². The SMILES string of the molecule is [2H]c1c([2H])c(C(=O)N2CCn3c(-c4nc(Cl)ns4)nnc3[C@H]2C)c([2H])c([2H])c1F. The molecule has 3 aromatic rings. The minimum atomic E-state index is -1.29. The van der Waals surface area contributed by atoms with Gasteiger partial charge in [-0.05, 0) is 54.2 Å². The van der Waals surface area contributed by atoms with Crippen LogP contribution in [0.5, 0.6) is 0 Å². The largest absolute Gasteiger partial charge is 0.327 e. The van der Waals surface area contributed by atoms with Crippen LogP contribution in [0.15, 0.2) is 24.2 Å². The summed E-state index contributed by atoms with van der Waals surface area (Å²) in [5.74, 6) is -1.09. The van der Waals surface area contributed by atoms with Gasteiger partial charge in [0.15, 0.2) is 16.7 Å². The summed E-state index contributed by atoms with van der Waals surface area (Å²) in [5.41, 5.74) is -0.475. The van der Waals surface area contributed by atoms with E-state index < -0.39 is 47.5 Å². The van der Waals surface area contributed by atoms with Crippen LogP contribution >= 0.6 is 23.1 Å². The number of carbonyl (C=O) groups excluding carboxylic acids is 1. The molecule has 0 fully saturated rings. The van der Waals surface area contributed by atoms with Gasteiger partial charge in [0.2, 0.25) is 5.28 Å². The number of amides is 1. The molecule has 0 radical (unpaired) electrons. The van der Waals surface area contributed by atoms with Crippen molar-refractivity contribution in [3.63, 3.8) is 0 Å². The third-order valence-electron chi connectivity index (χ3n) is 3.85. The number of halogens is 2. The molecule has 2 aromatic heterocycles. The molecular formula is C15H12ClFN6OS. The van der Waals surface area contributed by atoms with E-state index in [1.807, 2.05) is 0 Å². The van der Waals surface area contributed by atoms with E-state index in [1.165, 1.54) is 4.90 Å². The van der Waals surface area contributed by atoms with Crippen LogP contribution in [-0.4, -0.2) is 41.5 Å². The minimum Gasteiger partial charge on any atom is -0.327 e. The van der Waals surface area contributed by atoms with Gasteiger partial charge in [0.25, 0.3) is 5.91 Å². The van der Waals surface area contributed by atoms with Crippen molar-refractivity contribution >= 4 is 29.0 Å². The Morgan fingerprint density at radius 2 is 2.12 bits per heavy atom. The molecule has 0 spiro atoms. The number of rotatable bonds is 2. The molecule has 0 unspecified atom stereocenters. The molecule has 10 heteroatoms. The maximum Gasteiger partial charge on any atom is 0.254 e. The first kappa shape index (κ1) is 12.0. The molecule has 1 aromatic carbocycles. The summed E-state index contributed by atoms with van der Waals surface area (Å²) in [4.78, 5) is 18.5. The van der Waals surface area contributed by atoms with Crippen molar-refractivity contribution in [2.75, 3.05) is 6.54 Å². The Hall–Kier alpha value is -2.39. The van der Waals surface area contributed by atoms with E-state index in [0.29, 0.717) is 23.2 Å². The first-order valence-electron chi connectivity index (χ1n) is 9.21. The van der Waals surface area contributed by atoms with Crippen molar-refractivity contribution in [1.82, 2.24) is 29.0 Å². The fourth-order valence-electron chi connectivity index (χ4n) is 2.67. The predicted molar refractivity (Wildman–Crippen MR) is 89.8 cm³/mol. The summed E-state index contributed by atoms with van der Waals surface area (Å²) in [6, 6.07) is -3.75. The van der Waals surface area contributed by atoms with Crippen molar-refractivity contribution in [2.24, 2.45) is 0 Å². The second-order valence-electron chi connectivity index (χ2n) is 5.27. The Balaban J connectivity index is 1.72. The van der Waals surface area contributed by atoms with Crippen LogP contribution in [0.2, 0.25) is 5.28 Å². The Labute approximate surface area is 156 Å². The van der Waals surface area contributed by atoms with Crippen molar-refractivity contribution in [3.8, 4) is 10.8 Å². The van der Waals surface area contributed by atoms with Crippen LogP contribution < -0.4 is 0 Å². The quantitative estimate of drug-likeness (QED) is 0.681. The van der Waals surface area contributed by atoms with Gasteiger partial charge in [-0.15, -0.1) is 10.2 Å². The second-order valence-corrected chi connectivity index (χ2v) is 6.36. The lowest BCUT2D eigenvalue weighted by Gasteiger charge is -2.33. The van der Waals surface area contributed by atoms with E-state index in [1.54, 1.807) is 11.5 Å². The topological polar surface area (TPSA) is 76.8 Å². The molecule has 25 heavy (non-hydrogen) atoms. The number of benzene rings is 1. The van der Waals surface area contributed by atoms with Gasteiger partial charge in [-0.3, -0.25) is 4.79 Å². The predicted octanol–water partition coefficient (Wildman–Crippen LogP) is 2.81. The Kier molecular flexibility index (Phi) is 2.97. The normalized spacial score (nSPS) is 19.0. The Bertz CT molecular complexity index is 1130. The summed E-state index contributed by atoms with van der Waals surface area (Å²) in [6.07, 6.45) is 0. The number of carbonyl (C=O) groups is 1. The van der Waals surface area contributed by atoms with Gasteiger partial charge in [0.05, 0.1) is 11.5 Å². The fourth-order valence-corrected chi connectivity index (χ4v) is 3.47. The van der Waals surface area contributed by atoms with Crippen molar-refractivity contribution in [1.29, 1.82) is 0 Å². The molecule has 1 amide bonds. The molecule has 0 aliphatic carbocycles. The molecule has 0 N–H and O–H groups in total. The average Bonchev–Trinajstić information content (AvgIpc) is 3.31. The highest BCUT2D eigenvalue weighted by molar-refractivity contribution is 7.09. The number of fused-ring (bicyclic) bond motifs is 1. The molecule has 4 rings (SSSR count).